The summed E-state index contributed by atoms with van der Waals surface area (Å²) in [7, 11) is 0. The molecule has 1 saturated carbocycles. The lowest BCUT2D eigenvalue weighted by atomic mass is 10.2. The van der Waals surface area contributed by atoms with E-state index in [0.717, 1.165) is 30.6 Å². The third-order valence-corrected chi connectivity index (χ3v) is 4.69. The van der Waals surface area contributed by atoms with E-state index in [-0.39, 0.29) is 6.04 Å². The van der Waals surface area contributed by atoms with E-state index in [1.165, 1.54) is 10.4 Å². The third kappa shape index (κ3) is 2.80. The molecule has 0 bridgehead atoms. The molecule has 0 radical (unpaired) electrons. The van der Waals surface area contributed by atoms with Crippen LogP contribution in [0.2, 0.25) is 0 Å². The molecular weight excluding hydrogens is 234 g/mol. The summed E-state index contributed by atoms with van der Waals surface area (Å²) in [4.78, 5) is 15.4. The van der Waals surface area contributed by atoms with Crippen LogP contribution < -0.4 is 0 Å². The zero-order valence-electron chi connectivity index (χ0n) is 10.4. The maximum Gasteiger partial charge on any atom is 0.407 e. The van der Waals surface area contributed by atoms with E-state index in [4.69, 9.17) is 0 Å². The molecule has 94 valence electrons. The van der Waals surface area contributed by atoms with Crippen molar-refractivity contribution in [2.24, 2.45) is 0 Å². The van der Waals surface area contributed by atoms with E-state index < -0.39 is 6.09 Å². The van der Waals surface area contributed by atoms with Crippen LogP contribution in [-0.2, 0) is 6.54 Å². The summed E-state index contributed by atoms with van der Waals surface area (Å²) >= 11 is 1.71. The minimum atomic E-state index is -0.777. The molecule has 1 aromatic heterocycles. The van der Waals surface area contributed by atoms with Gasteiger partial charge in [-0.2, -0.15) is 0 Å². The fourth-order valence-corrected chi connectivity index (χ4v) is 3.52. The first kappa shape index (κ1) is 12.4. The third-order valence-electron chi connectivity index (χ3n) is 3.55. The molecule has 1 aliphatic rings. The first-order valence-corrected chi connectivity index (χ1v) is 6.95. The van der Waals surface area contributed by atoms with Crippen LogP contribution in [0.4, 0.5) is 4.79 Å². The van der Waals surface area contributed by atoms with Crippen molar-refractivity contribution in [3.05, 3.63) is 21.4 Å². The van der Waals surface area contributed by atoms with Crippen molar-refractivity contribution < 1.29 is 9.90 Å². The molecule has 0 atom stereocenters. The van der Waals surface area contributed by atoms with E-state index in [1.807, 2.05) is 0 Å². The molecule has 1 fully saturated rings. The number of carboxylic acid groups (broad SMARTS) is 1. The highest BCUT2D eigenvalue weighted by Crippen LogP contribution is 2.28. The Morgan fingerprint density at radius 3 is 2.59 bits per heavy atom. The van der Waals surface area contributed by atoms with Crippen molar-refractivity contribution in [2.75, 3.05) is 0 Å². The molecule has 1 aromatic rings. The van der Waals surface area contributed by atoms with Gasteiger partial charge in [-0.25, -0.2) is 4.79 Å². The van der Waals surface area contributed by atoms with Crippen molar-refractivity contribution in [3.63, 3.8) is 0 Å². The van der Waals surface area contributed by atoms with Crippen LogP contribution in [0.5, 0.6) is 0 Å². The fraction of sp³-hybridized carbons (Fsp3) is 0.615. The summed E-state index contributed by atoms with van der Waals surface area (Å²) in [5.41, 5.74) is 1.27. The molecule has 0 aromatic carbocycles. The summed E-state index contributed by atoms with van der Waals surface area (Å²) < 4.78 is 0. The predicted molar refractivity (Wildman–Crippen MR) is 69.6 cm³/mol. The monoisotopic (exact) mass is 253 g/mol. The Kier molecular flexibility index (Phi) is 3.72. The molecule has 2 rings (SSSR count). The van der Waals surface area contributed by atoms with E-state index in [2.05, 4.69) is 19.9 Å². The summed E-state index contributed by atoms with van der Waals surface area (Å²) in [6.45, 7) is 4.72. The van der Waals surface area contributed by atoms with Crippen LogP contribution in [0.15, 0.2) is 6.07 Å². The van der Waals surface area contributed by atoms with Crippen molar-refractivity contribution in [1.82, 2.24) is 4.90 Å². The van der Waals surface area contributed by atoms with Crippen LogP contribution in [0.3, 0.4) is 0 Å². The normalized spacial score (nSPS) is 16.4. The van der Waals surface area contributed by atoms with Crippen LogP contribution in [0.25, 0.3) is 0 Å². The molecule has 0 saturated heterocycles. The van der Waals surface area contributed by atoms with Crippen LogP contribution in [-0.4, -0.2) is 22.1 Å². The van der Waals surface area contributed by atoms with Gasteiger partial charge in [-0.15, -0.1) is 11.3 Å². The van der Waals surface area contributed by atoms with Gasteiger partial charge in [0.1, 0.15) is 0 Å². The number of carbonyl (C=O) groups is 1. The minimum Gasteiger partial charge on any atom is -0.465 e. The Labute approximate surface area is 106 Å². The van der Waals surface area contributed by atoms with Gasteiger partial charge in [-0.3, -0.25) is 0 Å². The van der Waals surface area contributed by atoms with Crippen LogP contribution >= 0.6 is 11.3 Å². The maximum atomic E-state index is 11.3. The lowest BCUT2D eigenvalue weighted by Crippen LogP contribution is -2.36. The topological polar surface area (TPSA) is 40.5 Å². The van der Waals surface area contributed by atoms with E-state index >= 15 is 0 Å². The van der Waals surface area contributed by atoms with Gasteiger partial charge in [0.25, 0.3) is 0 Å². The van der Waals surface area contributed by atoms with Gasteiger partial charge in [-0.05, 0) is 38.3 Å². The highest BCUT2D eigenvalue weighted by molar-refractivity contribution is 7.12. The minimum absolute atomic E-state index is 0.232. The molecule has 4 heteroatoms. The summed E-state index contributed by atoms with van der Waals surface area (Å²) in [6.07, 6.45) is 3.60. The molecule has 0 aliphatic heterocycles. The van der Waals surface area contributed by atoms with Gasteiger partial charge < -0.3 is 10.0 Å². The van der Waals surface area contributed by atoms with E-state index in [0.29, 0.717) is 6.54 Å². The van der Waals surface area contributed by atoms with Crippen molar-refractivity contribution >= 4 is 17.4 Å². The van der Waals surface area contributed by atoms with Gasteiger partial charge >= 0.3 is 6.09 Å². The van der Waals surface area contributed by atoms with Gasteiger partial charge in [0, 0.05) is 15.8 Å². The molecule has 17 heavy (non-hydrogen) atoms. The Morgan fingerprint density at radius 1 is 1.47 bits per heavy atom. The molecule has 0 spiro atoms. The Bertz CT molecular complexity index is 388. The summed E-state index contributed by atoms with van der Waals surface area (Å²) in [5.74, 6) is 0. The average Bonchev–Trinajstić information content (AvgIpc) is 2.86. The number of amides is 1. The first-order valence-electron chi connectivity index (χ1n) is 6.13. The largest absolute Gasteiger partial charge is 0.465 e. The number of thiophene rings is 1. The van der Waals surface area contributed by atoms with Crippen molar-refractivity contribution in [3.8, 4) is 0 Å². The number of nitrogens with zero attached hydrogens (tertiary/aromatic N) is 1. The second-order valence-electron chi connectivity index (χ2n) is 4.80. The van der Waals surface area contributed by atoms with E-state index in [1.54, 1.807) is 16.2 Å². The lowest BCUT2D eigenvalue weighted by molar-refractivity contribution is 0.122. The average molecular weight is 253 g/mol. The smallest absolute Gasteiger partial charge is 0.407 e. The number of aryl methyl sites for hydroxylation is 2. The first-order chi connectivity index (χ1) is 8.08. The SMILES string of the molecule is Cc1cc(CN(C(=O)O)C2CCCC2)sc1C. The molecule has 3 nitrogen and oxygen atoms in total. The van der Waals surface area contributed by atoms with Gasteiger partial charge in [-0.1, -0.05) is 12.8 Å². The number of rotatable bonds is 3. The molecule has 0 unspecified atom stereocenters. The maximum absolute atomic E-state index is 11.3. The second-order valence-corrected chi connectivity index (χ2v) is 6.14. The highest BCUT2D eigenvalue weighted by atomic mass is 32.1. The van der Waals surface area contributed by atoms with Crippen molar-refractivity contribution in [1.29, 1.82) is 0 Å². The quantitative estimate of drug-likeness (QED) is 0.890. The van der Waals surface area contributed by atoms with Crippen LogP contribution in [0, 0.1) is 13.8 Å². The number of hydrogen-bond acceptors (Lipinski definition) is 2. The number of hydrogen-bond donors (Lipinski definition) is 1. The van der Waals surface area contributed by atoms with Crippen LogP contribution in [0.1, 0.15) is 41.0 Å². The molecule has 1 aliphatic carbocycles. The van der Waals surface area contributed by atoms with Crippen molar-refractivity contribution in [2.45, 2.75) is 52.1 Å². The Hall–Kier alpha value is -1.03. The zero-order valence-corrected chi connectivity index (χ0v) is 11.2. The fourth-order valence-electron chi connectivity index (χ4n) is 2.46. The predicted octanol–water partition coefficient (Wildman–Crippen LogP) is 3.79. The molecular formula is C13H19NO2S. The lowest BCUT2D eigenvalue weighted by Gasteiger charge is -2.25. The van der Waals surface area contributed by atoms with Gasteiger partial charge in [0.2, 0.25) is 0 Å². The zero-order chi connectivity index (χ0) is 12.4. The summed E-state index contributed by atoms with van der Waals surface area (Å²) in [5, 5.41) is 9.30. The highest BCUT2D eigenvalue weighted by Gasteiger charge is 2.26. The van der Waals surface area contributed by atoms with Gasteiger partial charge in [0.05, 0.1) is 6.54 Å². The summed E-state index contributed by atoms with van der Waals surface area (Å²) in [6, 6.07) is 2.35. The Balaban J connectivity index is 2.09. The second kappa shape index (κ2) is 5.08. The van der Waals surface area contributed by atoms with Gasteiger partial charge in [0.15, 0.2) is 0 Å². The molecule has 1 amide bonds. The Morgan fingerprint density at radius 2 is 2.12 bits per heavy atom. The van der Waals surface area contributed by atoms with E-state index in [9.17, 15) is 9.90 Å². The standard InChI is InChI=1S/C13H19NO2S/c1-9-7-12(17-10(9)2)8-14(13(15)16)11-5-3-4-6-11/h7,11H,3-6,8H2,1-2H3,(H,15,16). The molecule has 1 heterocycles. The molecule has 1 N–H and O–H groups in total.